The van der Waals surface area contributed by atoms with E-state index in [1.54, 1.807) is 4.90 Å². The molecule has 2 aromatic rings. The fraction of sp³-hybridized carbons (Fsp3) is 0.357. The molecule has 0 unspecified atom stereocenters. The van der Waals surface area contributed by atoms with E-state index in [2.05, 4.69) is 34.8 Å². The van der Waals surface area contributed by atoms with Gasteiger partial charge in [0.1, 0.15) is 0 Å². The quantitative estimate of drug-likeness (QED) is 0.415. The van der Waals surface area contributed by atoms with Crippen LogP contribution < -0.4 is 11.3 Å². The average Bonchev–Trinajstić information content (AvgIpc) is 2.90. The van der Waals surface area contributed by atoms with Crippen molar-refractivity contribution in [2.24, 2.45) is 5.84 Å². The Balaban J connectivity index is 1.77. The highest BCUT2D eigenvalue weighted by atomic mass is 16.2. The van der Waals surface area contributed by atoms with Crippen LogP contribution in [0.25, 0.3) is 10.9 Å². The van der Waals surface area contributed by atoms with E-state index < -0.39 is 0 Å². The van der Waals surface area contributed by atoms with E-state index in [1.807, 2.05) is 6.07 Å². The summed E-state index contributed by atoms with van der Waals surface area (Å²) in [5.74, 6) is 5.67. The molecule has 1 aliphatic rings. The number of fused-ring (bicyclic) bond motifs is 1. The number of aromatic amines is 1. The Morgan fingerprint density at radius 1 is 1.32 bits per heavy atom. The van der Waals surface area contributed by atoms with Crippen LogP contribution in [0.3, 0.4) is 0 Å². The summed E-state index contributed by atoms with van der Waals surface area (Å²) in [5.41, 5.74) is 4.74. The van der Waals surface area contributed by atoms with Crippen LogP contribution >= 0.6 is 0 Å². The second-order valence-electron chi connectivity index (χ2n) is 5.00. The second-order valence-corrected chi connectivity index (χ2v) is 5.00. The van der Waals surface area contributed by atoms with Crippen molar-refractivity contribution in [3.05, 3.63) is 36.0 Å². The van der Waals surface area contributed by atoms with E-state index >= 15 is 0 Å². The monoisotopic (exact) mass is 258 g/mol. The van der Waals surface area contributed by atoms with Crippen molar-refractivity contribution >= 4 is 16.9 Å². The Kier molecular flexibility index (Phi) is 3.13. The van der Waals surface area contributed by atoms with E-state index in [0.29, 0.717) is 5.92 Å². The van der Waals surface area contributed by atoms with Crippen molar-refractivity contribution < 1.29 is 4.79 Å². The minimum absolute atomic E-state index is 0.183. The molecule has 0 radical (unpaired) electrons. The highest BCUT2D eigenvalue weighted by Crippen LogP contribution is 2.32. The molecule has 1 aliphatic heterocycles. The highest BCUT2D eigenvalue weighted by molar-refractivity contribution is 5.83. The number of rotatable bonds is 1. The summed E-state index contributed by atoms with van der Waals surface area (Å²) in [4.78, 5) is 16.5. The molecule has 100 valence electrons. The van der Waals surface area contributed by atoms with E-state index in [9.17, 15) is 4.79 Å². The molecular formula is C14H18N4O. The summed E-state index contributed by atoms with van der Waals surface area (Å²) in [6.45, 7) is 1.51. The number of hydrogen-bond acceptors (Lipinski definition) is 2. The van der Waals surface area contributed by atoms with Gasteiger partial charge in [-0.25, -0.2) is 10.6 Å². The second kappa shape index (κ2) is 4.93. The molecule has 2 heterocycles. The minimum Gasteiger partial charge on any atom is -0.361 e. The van der Waals surface area contributed by atoms with Gasteiger partial charge in [0, 0.05) is 30.2 Å². The van der Waals surface area contributed by atoms with Crippen molar-refractivity contribution in [3.63, 3.8) is 0 Å². The van der Waals surface area contributed by atoms with E-state index in [0.717, 1.165) is 25.9 Å². The number of hydrazine groups is 1. The summed E-state index contributed by atoms with van der Waals surface area (Å²) in [6, 6.07) is 8.17. The zero-order chi connectivity index (χ0) is 13.2. The van der Waals surface area contributed by atoms with Crippen molar-refractivity contribution in [3.8, 4) is 0 Å². The number of likely N-dealkylation sites (tertiary alicyclic amines) is 1. The molecule has 19 heavy (non-hydrogen) atoms. The molecule has 1 aromatic heterocycles. The molecule has 3 rings (SSSR count). The number of H-pyrrole nitrogens is 1. The molecule has 0 atom stereocenters. The molecule has 1 fully saturated rings. The first kappa shape index (κ1) is 12.0. The van der Waals surface area contributed by atoms with Gasteiger partial charge in [-0.15, -0.1) is 0 Å². The first-order valence-electron chi connectivity index (χ1n) is 6.61. The number of urea groups is 1. The molecule has 4 N–H and O–H groups in total. The third-order valence-corrected chi connectivity index (χ3v) is 3.97. The number of piperidine rings is 1. The van der Waals surface area contributed by atoms with Crippen LogP contribution in [0.2, 0.25) is 0 Å². The summed E-state index contributed by atoms with van der Waals surface area (Å²) in [7, 11) is 0. The lowest BCUT2D eigenvalue weighted by molar-refractivity contribution is 0.182. The smallest absolute Gasteiger partial charge is 0.331 e. The van der Waals surface area contributed by atoms with Gasteiger partial charge in [-0.3, -0.25) is 5.43 Å². The molecular weight excluding hydrogens is 240 g/mol. The number of carbonyl (C=O) groups is 1. The van der Waals surface area contributed by atoms with Crippen LogP contribution in [0, 0.1) is 0 Å². The average molecular weight is 258 g/mol. The SMILES string of the molecule is NNC(=O)N1CCC(c2c[nH]c3ccccc23)CC1. The third kappa shape index (κ3) is 2.17. The lowest BCUT2D eigenvalue weighted by Crippen LogP contribution is -2.46. The lowest BCUT2D eigenvalue weighted by atomic mass is 9.89. The van der Waals surface area contributed by atoms with Crippen molar-refractivity contribution in [2.45, 2.75) is 18.8 Å². The Bertz CT molecular complexity index is 584. The van der Waals surface area contributed by atoms with Gasteiger partial charge in [-0.05, 0) is 30.4 Å². The third-order valence-electron chi connectivity index (χ3n) is 3.97. The Labute approximate surface area is 111 Å². The minimum atomic E-state index is -0.183. The Morgan fingerprint density at radius 2 is 2.05 bits per heavy atom. The standard InChI is InChI=1S/C14H18N4O/c15-17-14(19)18-7-5-10(6-8-18)12-9-16-13-4-2-1-3-11(12)13/h1-4,9-10,16H,5-8,15H2,(H,17,19). The maximum Gasteiger partial charge on any atom is 0.331 e. The normalized spacial score (nSPS) is 16.8. The summed E-state index contributed by atoms with van der Waals surface area (Å²) in [5, 5.41) is 1.30. The first-order valence-corrected chi connectivity index (χ1v) is 6.61. The lowest BCUT2D eigenvalue weighted by Gasteiger charge is -2.31. The van der Waals surface area contributed by atoms with Gasteiger partial charge in [-0.1, -0.05) is 18.2 Å². The molecule has 1 saturated heterocycles. The number of para-hydroxylation sites is 1. The van der Waals surface area contributed by atoms with Crippen LogP contribution in [0.1, 0.15) is 24.3 Å². The van der Waals surface area contributed by atoms with Crippen LogP contribution in [0.4, 0.5) is 4.79 Å². The van der Waals surface area contributed by atoms with Gasteiger partial charge in [-0.2, -0.15) is 0 Å². The molecule has 0 bridgehead atoms. The Hall–Kier alpha value is -2.01. The number of aromatic nitrogens is 1. The molecule has 5 heteroatoms. The summed E-state index contributed by atoms with van der Waals surface area (Å²) in [6.07, 6.45) is 4.07. The van der Waals surface area contributed by atoms with Gasteiger partial charge in [0.25, 0.3) is 0 Å². The maximum absolute atomic E-state index is 11.5. The largest absolute Gasteiger partial charge is 0.361 e. The predicted octanol–water partition coefficient (Wildman–Crippen LogP) is 1.93. The topological polar surface area (TPSA) is 74.2 Å². The predicted molar refractivity (Wildman–Crippen MR) is 74.6 cm³/mol. The van der Waals surface area contributed by atoms with E-state index in [4.69, 9.17) is 5.84 Å². The van der Waals surface area contributed by atoms with E-state index in [-0.39, 0.29) is 6.03 Å². The van der Waals surface area contributed by atoms with Gasteiger partial charge < -0.3 is 9.88 Å². The van der Waals surface area contributed by atoms with Crippen molar-refractivity contribution in [1.82, 2.24) is 15.3 Å². The fourth-order valence-corrected chi connectivity index (χ4v) is 2.92. The van der Waals surface area contributed by atoms with Crippen molar-refractivity contribution in [1.29, 1.82) is 0 Å². The molecule has 1 aromatic carbocycles. The number of benzene rings is 1. The highest BCUT2D eigenvalue weighted by Gasteiger charge is 2.24. The van der Waals surface area contributed by atoms with E-state index in [1.165, 1.54) is 16.5 Å². The summed E-state index contributed by atoms with van der Waals surface area (Å²) >= 11 is 0. The van der Waals surface area contributed by atoms with Gasteiger partial charge in [0.15, 0.2) is 0 Å². The van der Waals surface area contributed by atoms with Crippen LogP contribution in [0.5, 0.6) is 0 Å². The van der Waals surface area contributed by atoms with Gasteiger partial charge in [0.2, 0.25) is 0 Å². The molecule has 0 aliphatic carbocycles. The maximum atomic E-state index is 11.5. The molecule has 0 spiro atoms. The molecule has 0 saturated carbocycles. The van der Waals surface area contributed by atoms with Crippen LogP contribution in [-0.2, 0) is 0 Å². The van der Waals surface area contributed by atoms with Crippen LogP contribution in [-0.4, -0.2) is 29.0 Å². The number of carbonyl (C=O) groups excluding carboxylic acids is 1. The molecule has 2 amide bonds. The molecule has 5 nitrogen and oxygen atoms in total. The number of hydrogen-bond donors (Lipinski definition) is 3. The number of nitrogens with one attached hydrogen (secondary N) is 2. The van der Waals surface area contributed by atoms with Gasteiger partial charge in [0.05, 0.1) is 0 Å². The van der Waals surface area contributed by atoms with Crippen LogP contribution in [0.15, 0.2) is 30.5 Å². The fourth-order valence-electron chi connectivity index (χ4n) is 2.92. The summed E-state index contributed by atoms with van der Waals surface area (Å²) < 4.78 is 0. The van der Waals surface area contributed by atoms with Gasteiger partial charge >= 0.3 is 6.03 Å². The zero-order valence-corrected chi connectivity index (χ0v) is 10.7. The number of nitrogens with two attached hydrogens (primary N) is 1. The number of nitrogens with zero attached hydrogens (tertiary/aromatic N) is 1. The first-order chi connectivity index (χ1) is 9.29. The Morgan fingerprint density at radius 3 is 2.79 bits per heavy atom. The zero-order valence-electron chi connectivity index (χ0n) is 10.7. The number of amides is 2. The van der Waals surface area contributed by atoms with Crippen molar-refractivity contribution in [2.75, 3.05) is 13.1 Å².